The Bertz CT molecular complexity index is 292. The van der Waals surface area contributed by atoms with Crippen LogP contribution in [0.5, 0.6) is 0 Å². The summed E-state index contributed by atoms with van der Waals surface area (Å²) in [5.74, 6) is -0.266. The second-order valence-electron chi connectivity index (χ2n) is 4.44. The van der Waals surface area contributed by atoms with Gasteiger partial charge in [0.25, 0.3) is 0 Å². The molecule has 0 saturated carbocycles. The molecule has 1 N–H and O–H groups in total. The van der Waals surface area contributed by atoms with Crippen molar-refractivity contribution in [3.05, 3.63) is 29.8 Å². The predicted molar refractivity (Wildman–Crippen MR) is 55.7 cm³/mol. The van der Waals surface area contributed by atoms with Crippen LogP contribution in [-0.4, -0.2) is 17.1 Å². The standard InChI is InChI=1S/C11H17FN2/c1-11(2,3)14-5-4-9-6-10(12)8-13-7-9/h6-8,14H,4-5H2,1-3H3. The summed E-state index contributed by atoms with van der Waals surface area (Å²) in [4.78, 5) is 3.80. The van der Waals surface area contributed by atoms with Crippen LogP contribution in [0.25, 0.3) is 0 Å². The molecule has 0 aromatic carbocycles. The van der Waals surface area contributed by atoms with Crippen LogP contribution in [0.2, 0.25) is 0 Å². The lowest BCUT2D eigenvalue weighted by Crippen LogP contribution is -2.37. The summed E-state index contributed by atoms with van der Waals surface area (Å²) in [7, 11) is 0. The summed E-state index contributed by atoms with van der Waals surface area (Å²) in [6.45, 7) is 7.17. The van der Waals surface area contributed by atoms with Crippen LogP contribution in [-0.2, 0) is 6.42 Å². The molecular formula is C11H17FN2. The Labute approximate surface area is 84.6 Å². The highest BCUT2D eigenvalue weighted by molar-refractivity contribution is 5.10. The first-order valence-electron chi connectivity index (χ1n) is 4.82. The molecule has 0 bridgehead atoms. The first-order chi connectivity index (χ1) is 6.47. The maximum atomic E-state index is 12.7. The quantitative estimate of drug-likeness (QED) is 0.801. The summed E-state index contributed by atoms with van der Waals surface area (Å²) in [6.07, 6.45) is 3.73. The van der Waals surface area contributed by atoms with Crippen molar-refractivity contribution < 1.29 is 4.39 Å². The topological polar surface area (TPSA) is 24.9 Å². The SMILES string of the molecule is CC(C)(C)NCCc1cncc(F)c1. The van der Waals surface area contributed by atoms with E-state index in [2.05, 4.69) is 31.1 Å². The molecular weight excluding hydrogens is 179 g/mol. The van der Waals surface area contributed by atoms with Gasteiger partial charge in [0, 0.05) is 11.7 Å². The largest absolute Gasteiger partial charge is 0.312 e. The summed E-state index contributed by atoms with van der Waals surface area (Å²) < 4.78 is 12.7. The summed E-state index contributed by atoms with van der Waals surface area (Å²) >= 11 is 0. The van der Waals surface area contributed by atoms with Gasteiger partial charge in [-0.05, 0) is 45.4 Å². The van der Waals surface area contributed by atoms with E-state index in [-0.39, 0.29) is 11.4 Å². The summed E-state index contributed by atoms with van der Waals surface area (Å²) in [5, 5.41) is 3.34. The summed E-state index contributed by atoms with van der Waals surface area (Å²) in [5.41, 5.74) is 1.04. The van der Waals surface area contributed by atoms with E-state index in [0.29, 0.717) is 0 Å². The molecule has 1 heterocycles. The zero-order valence-corrected chi connectivity index (χ0v) is 8.97. The number of halogens is 1. The third-order valence-corrected chi connectivity index (χ3v) is 1.83. The number of hydrogen-bond acceptors (Lipinski definition) is 2. The van der Waals surface area contributed by atoms with Crippen molar-refractivity contribution in [2.75, 3.05) is 6.54 Å². The number of aromatic nitrogens is 1. The lowest BCUT2D eigenvalue weighted by molar-refractivity contribution is 0.429. The van der Waals surface area contributed by atoms with Gasteiger partial charge in [-0.2, -0.15) is 0 Å². The Balaban J connectivity index is 2.39. The van der Waals surface area contributed by atoms with Crippen LogP contribution in [0.1, 0.15) is 26.3 Å². The first-order valence-corrected chi connectivity index (χ1v) is 4.82. The number of nitrogens with one attached hydrogen (secondary N) is 1. The van der Waals surface area contributed by atoms with E-state index >= 15 is 0 Å². The molecule has 1 aromatic heterocycles. The number of hydrogen-bond donors (Lipinski definition) is 1. The van der Waals surface area contributed by atoms with Gasteiger partial charge in [-0.1, -0.05) is 0 Å². The van der Waals surface area contributed by atoms with Gasteiger partial charge in [-0.25, -0.2) is 4.39 Å². The van der Waals surface area contributed by atoms with Gasteiger partial charge in [0.2, 0.25) is 0 Å². The molecule has 14 heavy (non-hydrogen) atoms. The zero-order chi connectivity index (χ0) is 10.6. The average Bonchev–Trinajstić information content (AvgIpc) is 2.01. The van der Waals surface area contributed by atoms with E-state index in [9.17, 15) is 4.39 Å². The molecule has 0 aliphatic rings. The molecule has 0 radical (unpaired) electrons. The first kappa shape index (κ1) is 11.1. The molecule has 2 nitrogen and oxygen atoms in total. The fraction of sp³-hybridized carbons (Fsp3) is 0.545. The molecule has 0 saturated heterocycles. The van der Waals surface area contributed by atoms with Crippen LogP contribution in [0, 0.1) is 5.82 Å². The van der Waals surface area contributed by atoms with Gasteiger partial charge in [0.05, 0.1) is 6.20 Å². The Morgan fingerprint density at radius 3 is 2.64 bits per heavy atom. The minimum atomic E-state index is -0.266. The summed E-state index contributed by atoms with van der Waals surface area (Å²) in [6, 6.07) is 1.53. The number of nitrogens with zero attached hydrogens (tertiary/aromatic N) is 1. The van der Waals surface area contributed by atoms with Crippen molar-refractivity contribution in [2.45, 2.75) is 32.7 Å². The lowest BCUT2D eigenvalue weighted by atomic mass is 10.1. The maximum absolute atomic E-state index is 12.7. The fourth-order valence-corrected chi connectivity index (χ4v) is 1.17. The fourth-order valence-electron chi connectivity index (χ4n) is 1.17. The molecule has 0 aliphatic carbocycles. The minimum absolute atomic E-state index is 0.112. The monoisotopic (exact) mass is 196 g/mol. The van der Waals surface area contributed by atoms with Gasteiger partial charge in [-0.3, -0.25) is 4.98 Å². The molecule has 78 valence electrons. The van der Waals surface area contributed by atoms with E-state index < -0.39 is 0 Å². The third kappa shape index (κ3) is 4.33. The molecule has 0 unspecified atom stereocenters. The van der Waals surface area contributed by atoms with E-state index in [0.717, 1.165) is 18.5 Å². The highest BCUT2D eigenvalue weighted by Crippen LogP contribution is 2.03. The van der Waals surface area contributed by atoms with Crippen LogP contribution >= 0.6 is 0 Å². The predicted octanol–water partition coefficient (Wildman–Crippen LogP) is 2.15. The molecule has 0 amide bonds. The molecule has 0 spiro atoms. The van der Waals surface area contributed by atoms with Gasteiger partial charge < -0.3 is 5.32 Å². The van der Waals surface area contributed by atoms with Crippen LogP contribution < -0.4 is 5.32 Å². The smallest absolute Gasteiger partial charge is 0.141 e. The van der Waals surface area contributed by atoms with Crippen molar-refractivity contribution in [3.8, 4) is 0 Å². The average molecular weight is 196 g/mol. The van der Waals surface area contributed by atoms with Gasteiger partial charge >= 0.3 is 0 Å². The van der Waals surface area contributed by atoms with Crippen molar-refractivity contribution in [3.63, 3.8) is 0 Å². The molecule has 0 aliphatic heterocycles. The molecule has 3 heteroatoms. The molecule has 1 aromatic rings. The van der Waals surface area contributed by atoms with Gasteiger partial charge in [0.15, 0.2) is 0 Å². The molecule has 0 fully saturated rings. The highest BCUT2D eigenvalue weighted by atomic mass is 19.1. The Morgan fingerprint density at radius 2 is 2.07 bits per heavy atom. The van der Waals surface area contributed by atoms with E-state index in [4.69, 9.17) is 0 Å². The Morgan fingerprint density at radius 1 is 1.36 bits per heavy atom. The third-order valence-electron chi connectivity index (χ3n) is 1.83. The maximum Gasteiger partial charge on any atom is 0.141 e. The Hall–Kier alpha value is -0.960. The van der Waals surface area contributed by atoms with E-state index in [1.54, 1.807) is 6.20 Å². The molecule has 0 atom stereocenters. The van der Waals surface area contributed by atoms with Crippen molar-refractivity contribution in [2.24, 2.45) is 0 Å². The number of rotatable bonds is 3. The zero-order valence-electron chi connectivity index (χ0n) is 8.97. The van der Waals surface area contributed by atoms with E-state index in [1.807, 2.05) is 0 Å². The van der Waals surface area contributed by atoms with Crippen LogP contribution in [0.15, 0.2) is 18.5 Å². The molecule has 1 rings (SSSR count). The highest BCUT2D eigenvalue weighted by Gasteiger charge is 2.07. The Kier molecular flexibility index (Phi) is 3.58. The van der Waals surface area contributed by atoms with E-state index in [1.165, 1.54) is 12.3 Å². The van der Waals surface area contributed by atoms with Crippen molar-refractivity contribution >= 4 is 0 Å². The van der Waals surface area contributed by atoms with Crippen LogP contribution in [0.3, 0.4) is 0 Å². The van der Waals surface area contributed by atoms with Crippen molar-refractivity contribution in [1.29, 1.82) is 0 Å². The van der Waals surface area contributed by atoms with Gasteiger partial charge in [-0.15, -0.1) is 0 Å². The second-order valence-corrected chi connectivity index (χ2v) is 4.44. The van der Waals surface area contributed by atoms with Crippen LogP contribution in [0.4, 0.5) is 4.39 Å². The second kappa shape index (κ2) is 4.51. The lowest BCUT2D eigenvalue weighted by Gasteiger charge is -2.20. The minimum Gasteiger partial charge on any atom is -0.312 e. The normalized spacial score (nSPS) is 11.7. The number of pyridine rings is 1. The van der Waals surface area contributed by atoms with Crippen molar-refractivity contribution in [1.82, 2.24) is 10.3 Å². The van der Waals surface area contributed by atoms with Gasteiger partial charge in [0.1, 0.15) is 5.82 Å².